The molecule has 0 saturated carbocycles. The summed E-state index contributed by atoms with van der Waals surface area (Å²) in [5.74, 6) is 0.637. The number of fused-ring (bicyclic) bond motifs is 2. The van der Waals surface area contributed by atoms with E-state index in [4.69, 9.17) is 16.0 Å². The number of nitrogens with zero attached hydrogens (tertiary/aromatic N) is 1. The Balaban J connectivity index is 1.65. The van der Waals surface area contributed by atoms with Crippen LogP contribution < -0.4 is 10.9 Å². The zero-order valence-electron chi connectivity index (χ0n) is 13.8. The van der Waals surface area contributed by atoms with Gasteiger partial charge >= 0.3 is 0 Å². The molecule has 2 aromatic carbocycles. The highest BCUT2D eigenvalue weighted by molar-refractivity contribution is 6.31. The molecule has 0 saturated heterocycles. The van der Waals surface area contributed by atoms with Crippen molar-refractivity contribution >= 4 is 39.3 Å². The van der Waals surface area contributed by atoms with E-state index in [0.29, 0.717) is 23.0 Å². The van der Waals surface area contributed by atoms with E-state index in [1.807, 2.05) is 38.1 Å². The molecule has 4 rings (SSSR count). The number of aryl methyl sites for hydroxylation is 2. The van der Waals surface area contributed by atoms with Crippen molar-refractivity contribution in [3.05, 3.63) is 68.8 Å². The molecule has 25 heavy (non-hydrogen) atoms. The molecule has 5 nitrogen and oxygen atoms in total. The molecule has 2 aromatic heterocycles. The van der Waals surface area contributed by atoms with Gasteiger partial charge in [0.05, 0.1) is 0 Å². The monoisotopic (exact) mass is 353 g/mol. The minimum absolute atomic E-state index is 0.114. The van der Waals surface area contributed by atoms with Crippen LogP contribution in [0.15, 0.2) is 45.6 Å². The Morgan fingerprint density at radius 1 is 1.20 bits per heavy atom. The Kier molecular flexibility index (Phi) is 3.73. The molecule has 0 aliphatic rings. The Morgan fingerprint density at radius 2 is 2.04 bits per heavy atom. The molecule has 0 aliphatic carbocycles. The maximum atomic E-state index is 12.3. The van der Waals surface area contributed by atoms with Gasteiger partial charge in [0.1, 0.15) is 5.52 Å². The van der Waals surface area contributed by atoms with Crippen LogP contribution in [0.4, 0.5) is 5.69 Å². The third-order valence-corrected chi connectivity index (χ3v) is 4.38. The standard InChI is InChI=1S/C19H16ClN3O2/c1-10-5-15(8-17-18(10)25-11(2)22-17)21-9-13-6-12-7-14(20)3-4-16(12)23-19(13)24/h3-8,21H,9H2,1-2H3,(H,23,24). The summed E-state index contributed by atoms with van der Waals surface area (Å²) in [6.07, 6.45) is 0. The van der Waals surface area contributed by atoms with E-state index >= 15 is 0 Å². The number of oxazole rings is 1. The maximum Gasteiger partial charge on any atom is 0.253 e. The van der Waals surface area contributed by atoms with E-state index in [-0.39, 0.29) is 5.56 Å². The number of halogens is 1. The van der Waals surface area contributed by atoms with Gasteiger partial charge in [0, 0.05) is 40.6 Å². The first-order chi connectivity index (χ1) is 12.0. The van der Waals surface area contributed by atoms with Crippen molar-refractivity contribution in [1.82, 2.24) is 9.97 Å². The molecule has 0 bridgehead atoms. The number of pyridine rings is 1. The van der Waals surface area contributed by atoms with Crippen LogP contribution in [0, 0.1) is 13.8 Å². The Labute approximate surface area is 148 Å². The van der Waals surface area contributed by atoms with E-state index in [9.17, 15) is 4.79 Å². The van der Waals surface area contributed by atoms with Crippen LogP contribution in [0.1, 0.15) is 17.0 Å². The molecule has 2 N–H and O–H groups in total. The second-order valence-electron chi connectivity index (χ2n) is 6.08. The van der Waals surface area contributed by atoms with Crippen molar-refractivity contribution in [3.63, 3.8) is 0 Å². The largest absolute Gasteiger partial charge is 0.441 e. The van der Waals surface area contributed by atoms with Gasteiger partial charge in [-0.1, -0.05) is 11.6 Å². The van der Waals surface area contributed by atoms with Crippen molar-refractivity contribution in [3.8, 4) is 0 Å². The van der Waals surface area contributed by atoms with Gasteiger partial charge in [0.2, 0.25) is 0 Å². The average Bonchev–Trinajstić information content (AvgIpc) is 2.94. The van der Waals surface area contributed by atoms with Crippen LogP contribution in [0.2, 0.25) is 5.02 Å². The smallest absolute Gasteiger partial charge is 0.253 e. The quantitative estimate of drug-likeness (QED) is 0.566. The normalized spacial score (nSPS) is 11.3. The molecule has 0 unspecified atom stereocenters. The Hall–Kier alpha value is -2.79. The number of aromatic amines is 1. The van der Waals surface area contributed by atoms with Gasteiger partial charge in [0.15, 0.2) is 11.5 Å². The Bertz CT molecular complexity index is 1160. The molecule has 0 atom stereocenters. The first kappa shape index (κ1) is 15.7. The van der Waals surface area contributed by atoms with Crippen molar-refractivity contribution in [1.29, 1.82) is 0 Å². The summed E-state index contributed by atoms with van der Waals surface area (Å²) in [4.78, 5) is 19.5. The van der Waals surface area contributed by atoms with Crippen molar-refractivity contribution in [2.75, 3.05) is 5.32 Å². The molecule has 0 spiro atoms. The zero-order chi connectivity index (χ0) is 17.6. The highest BCUT2D eigenvalue weighted by Gasteiger charge is 2.09. The van der Waals surface area contributed by atoms with Crippen LogP contribution in [-0.4, -0.2) is 9.97 Å². The van der Waals surface area contributed by atoms with E-state index in [0.717, 1.165) is 33.3 Å². The molecular weight excluding hydrogens is 338 g/mol. The lowest BCUT2D eigenvalue weighted by Gasteiger charge is -2.08. The number of rotatable bonds is 3. The molecule has 4 aromatic rings. The van der Waals surface area contributed by atoms with Crippen LogP contribution in [-0.2, 0) is 6.54 Å². The predicted octanol–water partition coefficient (Wildman–Crippen LogP) is 4.55. The summed E-state index contributed by atoms with van der Waals surface area (Å²) in [5.41, 5.74) is 4.79. The number of anilines is 1. The fraction of sp³-hybridized carbons (Fsp3) is 0.158. The summed E-state index contributed by atoms with van der Waals surface area (Å²) in [6, 6.07) is 11.2. The van der Waals surface area contributed by atoms with Crippen LogP contribution in [0.25, 0.3) is 22.0 Å². The lowest BCUT2D eigenvalue weighted by atomic mass is 10.1. The predicted molar refractivity (Wildman–Crippen MR) is 100 cm³/mol. The lowest BCUT2D eigenvalue weighted by molar-refractivity contribution is 0.559. The van der Waals surface area contributed by atoms with E-state index in [2.05, 4.69) is 15.3 Å². The van der Waals surface area contributed by atoms with E-state index in [1.165, 1.54) is 0 Å². The fourth-order valence-electron chi connectivity index (χ4n) is 2.96. The Morgan fingerprint density at radius 3 is 2.88 bits per heavy atom. The van der Waals surface area contributed by atoms with Crippen molar-refractivity contribution in [2.45, 2.75) is 20.4 Å². The molecule has 0 aliphatic heterocycles. The van der Waals surface area contributed by atoms with Gasteiger partial charge in [0.25, 0.3) is 5.56 Å². The van der Waals surface area contributed by atoms with E-state index in [1.54, 1.807) is 12.1 Å². The molecule has 2 heterocycles. The summed E-state index contributed by atoms with van der Waals surface area (Å²) < 4.78 is 5.59. The second kappa shape index (κ2) is 5.93. The first-order valence-corrected chi connectivity index (χ1v) is 8.30. The summed E-state index contributed by atoms with van der Waals surface area (Å²) in [6.45, 7) is 4.20. The SMILES string of the molecule is Cc1nc2cc(NCc3cc4cc(Cl)ccc4[nH]c3=O)cc(C)c2o1. The topological polar surface area (TPSA) is 70.9 Å². The highest BCUT2D eigenvalue weighted by atomic mass is 35.5. The summed E-state index contributed by atoms with van der Waals surface area (Å²) in [5, 5.41) is 4.83. The third kappa shape index (κ3) is 2.98. The number of hydrogen-bond donors (Lipinski definition) is 2. The number of nitrogens with one attached hydrogen (secondary N) is 2. The van der Waals surface area contributed by atoms with Gasteiger partial charge in [-0.05, 0) is 48.9 Å². The van der Waals surface area contributed by atoms with Gasteiger partial charge in [-0.25, -0.2) is 4.98 Å². The van der Waals surface area contributed by atoms with Gasteiger partial charge in [-0.15, -0.1) is 0 Å². The van der Waals surface area contributed by atoms with Crippen molar-refractivity contribution < 1.29 is 4.42 Å². The number of hydrogen-bond acceptors (Lipinski definition) is 4. The minimum Gasteiger partial charge on any atom is -0.441 e. The van der Waals surface area contributed by atoms with Crippen LogP contribution in [0.3, 0.4) is 0 Å². The third-order valence-electron chi connectivity index (χ3n) is 4.15. The van der Waals surface area contributed by atoms with E-state index < -0.39 is 0 Å². The molecular formula is C19H16ClN3O2. The minimum atomic E-state index is -0.114. The second-order valence-corrected chi connectivity index (χ2v) is 6.52. The number of H-pyrrole nitrogens is 1. The van der Waals surface area contributed by atoms with Gasteiger partial charge in [-0.2, -0.15) is 0 Å². The highest BCUT2D eigenvalue weighted by Crippen LogP contribution is 2.24. The van der Waals surface area contributed by atoms with Crippen LogP contribution >= 0.6 is 11.6 Å². The molecule has 0 amide bonds. The number of benzene rings is 2. The zero-order valence-corrected chi connectivity index (χ0v) is 14.6. The van der Waals surface area contributed by atoms with Gasteiger partial charge < -0.3 is 14.7 Å². The summed E-state index contributed by atoms with van der Waals surface area (Å²) >= 11 is 6.04. The average molecular weight is 354 g/mol. The van der Waals surface area contributed by atoms with Crippen molar-refractivity contribution in [2.24, 2.45) is 0 Å². The molecule has 0 radical (unpaired) electrons. The molecule has 6 heteroatoms. The maximum absolute atomic E-state index is 12.3. The first-order valence-electron chi connectivity index (χ1n) is 7.93. The molecule has 126 valence electrons. The van der Waals surface area contributed by atoms with Crippen LogP contribution in [0.5, 0.6) is 0 Å². The summed E-state index contributed by atoms with van der Waals surface area (Å²) in [7, 11) is 0. The van der Waals surface area contributed by atoms with Gasteiger partial charge in [-0.3, -0.25) is 4.79 Å². The fourth-order valence-corrected chi connectivity index (χ4v) is 3.15. The number of aromatic nitrogens is 2. The molecule has 0 fully saturated rings. The lowest BCUT2D eigenvalue weighted by Crippen LogP contribution is -2.15.